The van der Waals surface area contributed by atoms with E-state index in [2.05, 4.69) is 5.32 Å². The molecule has 0 radical (unpaired) electrons. The lowest BCUT2D eigenvalue weighted by Crippen LogP contribution is -2.33. The van der Waals surface area contributed by atoms with Crippen molar-refractivity contribution in [2.45, 2.75) is 6.42 Å². The topological polar surface area (TPSA) is 89.5 Å². The van der Waals surface area contributed by atoms with Crippen LogP contribution in [-0.4, -0.2) is 39.0 Å². The van der Waals surface area contributed by atoms with Crippen LogP contribution in [0.4, 0.5) is 0 Å². The molecule has 0 aliphatic heterocycles. The zero-order valence-corrected chi connectivity index (χ0v) is 7.51. The normalized spacial score (nSPS) is 11.9. The molecule has 0 saturated heterocycles. The minimum absolute atomic E-state index is 0.457. The minimum Gasteiger partial charge on any atom is -0.755 e. The number of rotatable bonds is 3. The van der Waals surface area contributed by atoms with Crippen molar-refractivity contribution in [1.82, 2.24) is 9.62 Å². The molecule has 70 valence electrons. The molecule has 7 heteroatoms. The Bertz CT molecular complexity index is 217. The van der Waals surface area contributed by atoms with Gasteiger partial charge in [-0.3, -0.25) is 18.1 Å². The molecule has 12 heavy (non-hydrogen) atoms. The van der Waals surface area contributed by atoms with E-state index in [1.807, 2.05) is 0 Å². The van der Waals surface area contributed by atoms with Gasteiger partial charge in [0.05, 0.1) is 0 Å². The maximum atomic E-state index is 10.8. The molecule has 1 atom stereocenters. The van der Waals surface area contributed by atoms with Crippen molar-refractivity contribution in [1.29, 1.82) is 0 Å². The van der Waals surface area contributed by atoms with Gasteiger partial charge in [-0.15, -0.1) is 0 Å². The maximum absolute atomic E-state index is 10.8. The number of amides is 2. The van der Waals surface area contributed by atoms with Gasteiger partial charge in [0.25, 0.3) is 0 Å². The van der Waals surface area contributed by atoms with E-state index in [0.717, 1.165) is 7.05 Å². The largest absolute Gasteiger partial charge is 0.755 e. The molecule has 0 fully saturated rings. The summed E-state index contributed by atoms with van der Waals surface area (Å²) in [6, 6.07) is 0. The van der Waals surface area contributed by atoms with Crippen LogP contribution in [0.25, 0.3) is 0 Å². The Hall–Kier alpha value is -0.950. The van der Waals surface area contributed by atoms with E-state index in [-0.39, 0.29) is 0 Å². The number of hydrogen-bond acceptors (Lipinski definition) is 4. The van der Waals surface area contributed by atoms with Crippen LogP contribution in [0.15, 0.2) is 0 Å². The zero-order chi connectivity index (χ0) is 9.72. The predicted octanol–water partition coefficient (Wildman–Crippen LogP) is -1.62. The maximum Gasteiger partial charge on any atom is 0.242 e. The van der Waals surface area contributed by atoms with Crippen LogP contribution in [0.1, 0.15) is 6.42 Å². The average molecular weight is 193 g/mol. The van der Waals surface area contributed by atoms with Crippen LogP contribution in [0.2, 0.25) is 0 Å². The number of carbonyl (C=O) groups excluding carboxylic acids is 2. The van der Waals surface area contributed by atoms with E-state index in [0.29, 0.717) is 4.31 Å². The average Bonchev–Trinajstić information content (AvgIpc) is 2.02. The standard InChI is InChI=1S/C5H10N2O4S/c1-6-4(8)3-5(9)7(2)12(10)11/h3H2,1-2H3,(H,6,8)(H,10,11)/p-1. The number of carbonyl (C=O) groups is 2. The second-order valence-corrected chi connectivity index (χ2v) is 2.94. The fourth-order valence-electron chi connectivity index (χ4n) is 0.420. The second kappa shape index (κ2) is 4.83. The molecule has 0 aliphatic rings. The lowest BCUT2D eigenvalue weighted by molar-refractivity contribution is -0.131. The molecule has 2 amide bonds. The van der Waals surface area contributed by atoms with Crippen molar-refractivity contribution >= 4 is 23.1 Å². The van der Waals surface area contributed by atoms with Gasteiger partial charge in [-0.25, -0.2) is 0 Å². The molecule has 0 saturated carbocycles. The van der Waals surface area contributed by atoms with Crippen molar-refractivity contribution in [3.8, 4) is 0 Å². The smallest absolute Gasteiger partial charge is 0.242 e. The number of nitrogens with zero attached hydrogens (tertiary/aromatic N) is 1. The summed E-state index contributed by atoms with van der Waals surface area (Å²) in [4.78, 5) is 21.4. The highest BCUT2D eigenvalue weighted by Gasteiger charge is 2.12. The molecule has 0 aromatic carbocycles. The van der Waals surface area contributed by atoms with Crippen LogP contribution in [0.3, 0.4) is 0 Å². The van der Waals surface area contributed by atoms with Crippen LogP contribution < -0.4 is 5.32 Å². The summed E-state index contributed by atoms with van der Waals surface area (Å²) >= 11 is -2.61. The van der Waals surface area contributed by atoms with Crippen molar-refractivity contribution in [3.63, 3.8) is 0 Å². The first-order valence-corrected chi connectivity index (χ1v) is 4.08. The van der Waals surface area contributed by atoms with Gasteiger partial charge in [-0.2, -0.15) is 0 Å². The van der Waals surface area contributed by atoms with E-state index >= 15 is 0 Å². The quantitative estimate of drug-likeness (QED) is 0.430. The van der Waals surface area contributed by atoms with Crippen molar-refractivity contribution < 1.29 is 18.4 Å². The molecule has 0 heterocycles. The fourth-order valence-corrected chi connectivity index (χ4v) is 0.651. The molecule has 0 aromatic rings. The highest BCUT2D eigenvalue weighted by molar-refractivity contribution is 7.77. The van der Waals surface area contributed by atoms with Crippen molar-refractivity contribution in [2.24, 2.45) is 0 Å². The summed E-state index contributed by atoms with van der Waals surface area (Å²) in [5.41, 5.74) is 0. The molecular formula is C5H9N2O4S-. The zero-order valence-electron chi connectivity index (χ0n) is 6.70. The van der Waals surface area contributed by atoms with E-state index in [1.54, 1.807) is 0 Å². The molecule has 0 bridgehead atoms. The van der Waals surface area contributed by atoms with Crippen LogP contribution in [0, 0.1) is 0 Å². The Labute approximate surface area is 72.3 Å². The Morgan fingerprint density at radius 3 is 2.42 bits per heavy atom. The molecule has 1 N–H and O–H groups in total. The summed E-state index contributed by atoms with van der Waals surface area (Å²) in [5.74, 6) is -1.28. The molecule has 6 nitrogen and oxygen atoms in total. The van der Waals surface area contributed by atoms with Gasteiger partial charge < -0.3 is 9.87 Å². The first kappa shape index (κ1) is 11.1. The third-order valence-corrected chi connectivity index (χ3v) is 1.82. The molecule has 0 aliphatic carbocycles. The SMILES string of the molecule is CNC(=O)CC(=O)N(C)S(=O)[O-]. The van der Waals surface area contributed by atoms with Gasteiger partial charge >= 0.3 is 0 Å². The van der Waals surface area contributed by atoms with E-state index in [9.17, 15) is 18.4 Å². The van der Waals surface area contributed by atoms with Gasteiger partial charge in [0.1, 0.15) is 6.42 Å². The van der Waals surface area contributed by atoms with Gasteiger partial charge in [-0.1, -0.05) is 0 Å². The van der Waals surface area contributed by atoms with E-state index < -0.39 is 29.5 Å². The Morgan fingerprint density at radius 2 is 2.08 bits per heavy atom. The molecule has 1 unspecified atom stereocenters. The highest BCUT2D eigenvalue weighted by Crippen LogP contribution is 1.92. The van der Waals surface area contributed by atoms with Crippen molar-refractivity contribution in [2.75, 3.05) is 14.1 Å². The van der Waals surface area contributed by atoms with E-state index in [1.165, 1.54) is 7.05 Å². The minimum atomic E-state index is -2.61. The summed E-state index contributed by atoms with van der Waals surface area (Å²) in [7, 11) is 2.44. The molecule has 0 spiro atoms. The first-order valence-electron chi connectivity index (χ1n) is 3.05. The van der Waals surface area contributed by atoms with Gasteiger partial charge in [0.2, 0.25) is 11.8 Å². The van der Waals surface area contributed by atoms with Crippen LogP contribution >= 0.6 is 0 Å². The summed E-state index contributed by atoms with van der Waals surface area (Å²) in [6.07, 6.45) is -0.457. The number of nitrogens with one attached hydrogen (secondary N) is 1. The summed E-state index contributed by atoms with van der Waals surface area (Å²) < 4.78 is 20.8. The van der Waals surface area contributed by atoms with Gasteiger partial charge in [-0.05, 0) is 0 Å². The van der Waals surface area contributed by atoms with E-state index in [4.69, 9.17) is 0 Å². The fraction of sp³-hybridized carbons (Fsp3) is 0.600. The molecule has 0 rings (SSSR count). The molecular weight excluding hydrogens is 184 g/mol. The van der Waals surface area contributed by atoms with Crippen molar-refractivity contribution in [3.05, 3.63) is 0 Å². The lowest BCUT2D eigenvalue weighted by Gasteiger charge is -2.18. The monoisotopic (exact) mass is 193 g/mol. The Balaban J connectivity index is 4.04. The third kappa shape index (κ3) is 3.44. The lowest BCUT2D eigenvalue weighted by atomic mass is 10.4. The number of hydrogen-bond donors (Lipinski definition) is 1. The van der Waals surface area contributed by atoms with Gasteiger partial charge in [0.15, 0.2) is 0 Å². The van der Waals surface area contributed by atoms with Crippen LogP contribution in [0.5, 0.6) is 0 Å². The van der Waals surface area contributed by atoms with Gasteiger partial charge in [0, 0.05) is 25.4 Å². The van der Waals surface area contributed by atoms with Crippen LogP contribution in [-0.2, 0) is 20.9 Å². The first-order chi connectivity index (χ1) is 5.49. The predicted molar refractivity (Wildman–Crippen MR) is 40.4 cm³/mol. The Kier molecular flexibility index (Phi) is 4.45. The highest BCUT2D eigenvalue weighted by atomic mass is 32.2. The molecule has 0 aromatic heterocycles. The summed E-state index contributed by atoms with van der Waals surface area (Å²) in [6.45, 7) is 0. The Morgan fingerprint density at radius 1 is 1.58 bits per heavy atom. The summed E-state index contributed by atoms with van der Waals surface area (Å²) in [5, 5.41) is 2.20. The second-order valence-electron chi connectivity index (χ2n) is 1.96. The third-order valence-electron chi connectivity index (χ3n) is 1.17.